The maximum atomic E-state index is 12.2. The van der Waals surface area contributed by atoms with Crippen molar-refractivity contribution in [1.82, 2.24) is 4.98 Å². The fraction of sp³-hybridized carbons (Fsp3) is 0.111. The maximum absolute atomic E-state index is 12.2. The molecule has 2 aromatic carbocycles. The number of carbonyl (C=O) groups is 1. The van der Waals surface area contributed by atoms with Crippen molar-refractivity contribution >= 4 is 16.7 Å². The van der Waals surface area contributed by atoms with E-state index in [9.17, 15) is 9.59 Å². The lowest BCUT2D eigenvalue weighted by atomic mass is 9.97. The number of hydrogen-bond acceptors (Lipinski definition) is 3. The summed E-state index contributed by atoms with van der Waals surface area (Å²) in [6.07, 6.45) is 0. The molecule has 0 spiro atoms. The van der Waals surface area contributed by atoms with Crippen LogP contribution in [0.2, 0.25) is 0 Å². The summed E-state index contributed by atoms with van der Waals surface area (Å²) in [7, 11) is 0. The highest BCUT2D eigenvalue weighted by Crippen LogP contribution is 2.29. The van der Waals surface area contributed by atoms with Gasteiger partial charge in [0.15, 0.2) is 0 Å². The predicted octanol–water partition coefficient (Wildman–Crippen LogP) is 3.37. The normalized spacial score (nSPS) is 10.6. The fourth-order valence-corrected chi connectivity index (χ4v) is 2.54. The predicted molar refractivity (Wildman–Crippen MR) is 86.0 cm³/mol. The van der Waals surface area contributed by atoms with Crippen molar-refractivity contribution in [3.8, 4) is 11.1 Å². The van der Waals surface area contributed by atoms with E-state index in [2.05, 4.69) is 4.98 Å². The summed E-state index contributed by atoms with van der Waals surface area (Å²) in [4.78, 5) is 27.1. The first-order valence-corrected chi connectivity index (χ1v) is 7.10. The molecule has 0 unspecified atom stereocenters. The summed E-state index contributed by atoms with van der Waals surface area (Å²) >= 11 is 0. The number of nitrogens with one attached hydrogen (secondary N) is 1. The van der Waals surface area contributed by atoms with E-state index in [-0.39, 0.29) is 17.9 Å². The van der Waals surface area contributed by atoms with Crippen LogP contribution in [-0.4, -0.2) is 17.6 Å². The second-order valence-corrected chi connectivity index (χ2v) is 4.84. The third-order valence-electron chi connectivity index (χ3n) is 3.47. The summed E-state index contributed by atoms with van der Waals surface area (Å²) in [6, 6.07) is 16.7. The number of carbonyl (C=O) groups excluding carboxylic acids is 1. The van der Waals surface area contributed by atoms with Crippen LogP contribution in [0.3, 0.4) is 0 Å². The number of pyridine rings is 1. The Kier molecular flexibility index (Phi) is 3.74. The van der Waals surface area contributed by atoms with Crippen LogP contribution in [0, 0.1) is 0 Å². The second kappa shape index (κ2) is 5.85. The lowest BCUT2D eigenvalue weighted by Crippen LogP contribution is -2.17. The van der Waals surface area contributed by atoms with Crippen LogP contribution in [0.5, 0.6) is 0 Å². The number of hydrogen-bond donors (Lipinski definition) is 1. The summed E-state index contributed by atoms with van der Waals surface area (Å²) in [5.41, 5.74) is 1.45. The molecule has 1 N–H and O–H groups in total. The number of benzene rings is 2. The smallest absolute Gasteiger partial charge is 0.355 e. The minimum absolute atomic E-state index is 0.191. The zero-order valence-electron chi connectivity index (χ0n) is 12.1. The molecule has 0 fully saturated rings. The van der Waals surface area contributed by atoms with Gasteiger partial charge in [0.25, 0.3) is 5.56 Å². The van der Waals surface area contributed by atoms with E-state index in [1.165, 1.54) is 0 Å². The highest BCUT2D eigenvalue weighted by Gasteiger charge is 2.19. The number of fused-ring (bicyclic) bond motifs is 1. The van der Waals surface area contributed by atoms with E-state index >= 15 is 0 Å². The van der Waals surface area contributed by atoms with E-state index in [4.69, 9.17) is 4.74 Å². The Morgan fingerprint density at radius 2 is 1.64 bits per heavy atom. The number of ether oxygens (including phenoxy) is 1. The molecule has 22 heavy (non-hydrogen) atoms. The molecule has 110 valence electrons. The molecule has 0 amide bonds. The Balaban J connectivity index is 2.39. The average molecular weight is 293 g/mol. The highest BCUT2D eigenvalue weighted by atomic mass is 16.5. The first-order chi connectivity index (χ1) is 10.7. The molecule has 4 nitrogen and oxygen atoms in total. The van der Waals surface area contributed by atoms with Gasteiger partial charge in [0.1, 0.15) is 5.69 Å². The van der Waals surface area contributed by atoms with Gasteiger partial charge in [-0.3, -0.25) is 4.79 Å². The van der Waals surface area contributed by atoms with Crippen molar-refractivity contribution < 1.29 is 9.53 Å². The Labute approximate surface area is 127 Å². The molecule has 3 aromatic rings. The molecule has 4 heteroatoms. The monoisotopic (exact) mass is 293 g/mol. The summed E-state index contributed by atoms with van der Waals surface area (Å²) < 4.78 is 5.08. The lowest BCUT2D eigenvalue weighted by molar-refractivity contribution is 0.0520. The molecule has 0 atom stereocenters. The average Bonchev–Trinajstić information content (AvgIpc) is 2.56. The van der Waals surface area contributed by atoms with Crippen molar-refractivity contribution in [2.45, 2.75) is 6.92 Å². The van der Waals surface area contributed by atoms with Crippen molar-refractivity contribution in [2.75, 3.05) is 6.61 Å². The Morgan fingerprint density at radius 1 is 1.00 bits per heavy atom. The first kappa shape index (κ1) is 14.1. The van der Waals surface area contributed by atoms with Gasteiger partial charge in [0.05, 0.1) is 6.61 Å². The number of aromatic nitrogens is 1. The zero-order chi connectivity index (χ0) is 15.5. The third-order valence-corrected chi connectivity index (χ3v) is 3.47. The molecule has 1 aromatic heterocycles. The molecule has 0 aliphatic rings. The van der Waals surface area contributed by atoms with Gasteiger partial charge in [-0.1, -0.05) is 48.5 Å². The Bertz CT molecular complexity index is 882. The van der Waals surface area contributed by atoms with Crippen molar-refractivity contribution in [1.29, 1.82) is 0 Å². The topological polar surface area (TPSA) is 59.2 Å². The van der Waals surface area contributed by atoms with E-state index in [1.54, 1.807) is 19.1 Å². The van der Waals surface area contributed by atoms with Crippen LogP contribution >= 0.6 is 0 Å². The Morgan fingerprint density at radius 3 is 2.32 bits per heavy atom. The largest absolute Gasteiger partial charge is 0.461 e. The molecule has 1 heterocycles. The molecular formula is C18H15NO3. The molecule has 0 radical (unpaired) electrons. The van der Waals surface area contributed by atoms with Crippen molar-refractivity contribution in [2.24, 2.45) is 0 Å². The summed E-state index contributed by atoms with van der Waals surface area (Å²) in [6.45, 7) is 1.99. The molecule has 0 saturated carbocycles. The van der Waals surface area contributed by atoms with Crippen LogP contribution in [-0.2, 0) is 4.74 Å². The van der Waals surface area contributed by atoms with Gasteiger partial charge in [-0.15, -0.1) is 0 Å². The van der Waals surface area contributed by atoms with E-state index < -0.39 is 5.97 Å². The molecule has 0 bridgehead atoms. The standard InChI is InChI=1S/C18H15NO3/c1-2-22-18(21)16-15(12-8-4-3-5-9-12)13-10-6-7-11-14(13)17(20)19-16/h3-11H,2H2,1H3,(H,19,20). The van der Waals surface area contributed by atoms with Gasteiger partial charge in [-0.25, -0.2) is 4.79 Å². The van der Waals surface area contributed by atoms with Crippen LogP contribution in [0.4, 0.5) is 0 Å². The molecular weight excluding hydrogens is 278 g/mol. The van der Waals surface area contributed by atoms with Crippen LogP contribution in [0.1, 0.15) is 17.4 Å². The zero-order valence-corrected chi connectivity index (χ0v) is 12.1. The summed E-state index contributed by atoms with van der Waals surface area (Å²) in [5, 5.41) is 1.29. The van der Waals surface area contributed by atoms with Gasteiger partial charge in [0, 0.05) is 10.9 Å². The van der Waals surface area contributed by atoms with Crippen molar-refractivity contribution in [3.63, 3.8) is 0 Å². The minimum atomic E-state index is -0.524. The van der Waals surface area contributed by atoms with Gasteiger partial charge < -0.3 is 9.72 Å². The quantitative estimate of drug-likeness (QED) is 0.753. The molecule has 0 saturated heterocycles. The van der Waals surface area contributed by atoms with Crippen molar-refractivity contribution in [3.05, 3.63) is 70.6 Å². The molecule has 3 rings (SSSR count). The van der Waals surface area contributed by atoms with Gasteiger partial charge in [-0.2, -0.15) is 0 Å². The number of aromatic amines is 1. The fourth-order valence-electron chi connectivity index (χ4n) is 2.54. The molecule has 0 aliphatic heterocycles. The SMILES string of the molecule is CCOC(=O)c1[nH]c(=O)c2ccccc2c1-c1ccccc1. The lowest BCUT2D eigenvalue weighted by Gasteiger charge is -2.12. The van der Waals surface area contributed by atoms with Gasteiger partial charge in [0.2, 0.25) is 0 Å². The number of H-pyrrole nitrogens is 1. The van der Waals surface area contributed by atoms with Crippen LogP contribution < -0.4 is 5.56 Å². The minimum Gasteiger partial charge on any atom is -0.461 e. The van der Waals surface area contributed by atoms with Gasteiger partial charge in [-0.05, 0) is 23.9 Å². The van der Waals surface area contributed by atoms with E-state index in [1.807, 2.05) is 42.5 Å². The third kappa shape index (κ3) is 2.39. The van der Waals surface area contributed by atoms with E-state index in [0.29, 0.717) is 10.9 Å². The van der Waals surface area contributed by atoms with Crippen LogP contribution in [0.15, 0.2) is 59.4 Å². The Hall–Kier alpha value is -2.88. The maximum Gasteiger partial charge on any atom is 0.355 e. The first-order valence-electron chi connectivity index (χ1n) is 7.10. The summed E-state index contributed by atoms with van der Waals surface area (Å²) in [5.74, 6) is -0.524. The van der Waals surface area contributed by atoms with Gasteiger partial charge >= 0.3 is 5.97 Å². The van der Waals surface area contributed by atoms with Crippen LogP contribution in [0.25, 0.3) is 21.9 Å². The number of esters is 1. The second-order valence-electron chi connectivity index (χ2n) is 4.84. The highest BCUT2D eigenvalue weighted by molar-refractivity contribution is 6.06. The molecule has 0 aliphatic carbocycles. The number of rotatable bonds is 3. The van der Waals surface area contributed by atoms with E-state index in [0.717, 1.165) is 10.9 Å².